The van der Waals surface area contributed by atoms with Crippen LogP contribution in [0.1, 0.15) is 33.9 Å². The molecule has 0 spiro atoms. The van der Waals surface area contributed by atoms with E-state index in [1.165, 1.54) is 19.1 Å². The molecule has 2 aromatic rings. The van der Waals surface area contributed by atoms with Gasteiger partial charge in [-0.3, -0.25) is 0 Å². The Bertz CT molecular complexity index is 620. The number of benzene rings is 2. The molecule has 0 saturated heterocycles. The zero-order valence-corrected chi connectivity index (χ0v) is 11.2. The van der Waals surface area contributed by atoms with Crippen molar-refractivity contribution in [3.05, 3.63) is 69.8 Å². The maximum absolute atomic E-state index is 13.8. The Morgan fingerprint density at radius 1 is 0.842 bits per heavy atom. The molecule has 3 heteroatoms. The van der Waals surface area contributed by atoms with E-state index >= 15 is 0 Å². The summed E-state index contributed by atoms with van der Waals surface area (Å²) >= 11 is 0. The standard InChI is InChI=1S/C16H16F2O/c1-9-4-6-12(8-11(9)3)16(19)13-7-5-10(2)14(17)15(13)18/h4-8,16,19H,1-3H3. The lowest BCUT2D eigenvalue weighted by atomic mass is 9.96. The Morgan fingerprint density at radius 2 is 1.47 bits per heavy atom. The smallest absolute Gasteiger partial charge is 0.165 e. The molecule has 0 aliphatic heterocycles. The molecule has 1 atom stereocenters. The molecule has 0 amide bonds. The largest absolute Gasteiger partial charge is 0.384 e. The summed E-state index contributed by atoms with van der Waals surface area (Å²) in [6.07, 6.45) is -1.16. The van der Waals surface area contributed by atoms with E-state index in [1.807, 2.05) is 19.9 Å². The predicted molar refractivity (Wildman–Crippen MR) is 71.1 cm³/mol. The highest BCUT2D eigenvalue weighted by Gasteiger charge is 2.19. The van der Waals surface area contributed by atoms with Crippen LogP contribution in [0.5, 0.6) is 0 Å². The molecular weight excluding hydrogens is 246 g/mol. The quantitative estimate of drug-likeness (QED) is 0.868. The van der Waals surface area contributed by atoms with Crippen LogP contribution in [0.4, 0.5) is 8.78 Å². The summed E-state index contributed by atoms with van der Waals surface area (Å²) in [5.74, 6) is -1.88. The van der Waals surface area contributed by atoms with E-state index in [4.69, 9.17) is 0 Å². The van der Waals surface area contributed by atoms with Crippen molar-refractivity contribution >= 4 is 0 Å². The average molecular weight is 262 g/mol. The average Bonchev–Trinajstić information content (AvgIpc) is 2.39. The number of aliphatic hydroxyl groups excluding tert-OH is 1. The van der Waals surface area contributed by atoms with Gasteiger partial charge in [0.2, 0.25) is 0 Å². The topological polar surface area (TPSA) is 20.2 Å². The van der Waals surface area contributed by atoms with Gasteiger partial charge < -0.3 is 5.11 Å². The van der Waals surface area contributed by atoms with E-state index in [-0.39, 0.29) is 11.1 Å². The van der Waals surface area contributed by atoms with Crippen LogP contribution in [-0.4, -0.2) is 5.11 Å². The van der Waals surface area contributed by atoms with Gasteiger partial charge in [-0.15, -0.1) is 0 Å². The fourth-order valence-corrected chi connectivity index (χ4v) is 1.99. The summed E-state index contributed by atoms with van der Waals surface area (Å²) < 4.78 is 27.4. The van der Waals surface area contributed by atoms with Crippen molar-refractivity contribution in [2.24, 2.45) is 0 Å². The third-order valence-corrected chi connectivity index (χ3v) is 3.45. The second-order valence-electron chi connectivity index (χ2n) is 4.85. The second kappa shape index (κ2) is 5.10. The summed E-state index contributed by atoms with van der Waals surface area (Å²) in [7, 11) is 0. The predicted octanol–water partition coefficient (Wildman–Crippen LogP) is 3.97. The fraction of sp³-hybridized carbons (Fsp3) is 0.250. The zero-order chi connectivity index (χ0) is 14.2. The molecule has 2 rings (SSSR count). The number of hydrogen-bond acceptors (Lipinski definition) is 1. The van der Waals surface area contributed by atoms with Gasteiger partial charge in [0.25, 0.3) is 0 Å². The fourth-order valence-electron chi connectivity index (χ4n) is 1.99. The third-order valence-electron chi connectivity index (χ3n) is 3.45. The third kappa shape index (κ3) is 2.51. The number of aryl methyl sites for hydroxylation is 3. The summed E-state index contributed by atoms with van der Waals surface area (Å²) in [6, 6.07) is 8.27. The lowest BCUT2D eigenvalue weighted by Crippen LogP contribution is -2.06. The van der Waals surface area contributed by atoms with E-state index in [2.05, 4.69) is 0 Å². The van der Waals surface area contributed by atoms with Gasteiger partial charge in [0, 0.05) is 5.56 Å². The molecule has 0 bridgehead atoms. The highest BCUT2D eigenvalue weighted by Crippen LogP contribution is 2.27. The van der Waals surface area contributed by atoms with Crippen LogP contribution >= 0.6 is 0 Å². The van der Waals surface area contributed by atoms with Gasteiger partial charge >= 0.3 is 0 Å². The van der Waals surface area contributed by atoms with Crippen molar-refractivity contribution in [1.29, 1.82) is 0 Å². The van der Waals surface area contributed by atoms with E-state index in [0.717, 1.165) is 11.1 Å². The van der Waals surface area contributed by atoms with E-state index in [0.29, 0.717) is 5.56 Å². The van der Waals surface area contributed by atoms with Crippen molar-refractivity contribution in [2.75, 3.05) is 0 Å². The van der Waals surface area contributed by atoms with Gasteiger partial charge in [-0.05, 0) is 43.0 Å². The van der Waals surface area contributed by atoms with Gasteiger partial charge in [0.1, 0.15) is 6.10 Å². The molecule has 0 radical (unpaired) electrons. The van der Waals surface area contributed by atoms with Gasteiger partial charge in [0.05, 0.1) is 0 Å². The van der Waals surface area contributed by atoms with Crippen LogP contribution in [-0.2, 0) is 0 Å². The Balaban J connectivity index is 2.47. The Hall–Kier alpha value is -1.74. The number of aliphatic hydroxyl groups is 1. The molecule has 0 heterocycles. The van der Waals surface area contributed by atoms with Crippen molar-refractivity contribution in [2.45, 2.75) is 26.9 Å². The number of rotatable bonds is 2. The number of hydrogen-bond donors (Lipinski definition) is 1. The zero-order valence-electron chi connectivity index (χ0n) is 11.2. The number of halogens is 2. The molecular formula is C16H16F2O. The normalized spacial score (nSPS) is 12.5. The van der Waals surface area contributed by atoms with E-state index < -0.39 is 17.7 Å². The first kappa shape index (κ1) is 13.7. The van der Waals surface area contributed by atoms with Crippen LogP contribution in [0.3, 0.4) is 0 Å². The van der Waals surface area contributed by atoms with Crippen molar-refractivity contribution < 1.29 is 13.9 Å². The molecule has 1 unspecified atom stereocenters. The minimum absolute atomic E-state index is 0.0358. The summed E-state index contributed by atoms with van der Waals surface area (Å²) in [5, 5.41) is 10.2. The lowest BCUT2D eigenvalue weighted by molar-refractivity contribution is 0.213. The van der Waals surface area contributed by atoms with Crippen molar-refractivity contribution in [3.63, 3.8) is 0 Å². The SMILES string of the molecule is Cc1ccc(C(O)c2ccc(C)c(F)c2F)cc1C. The summed E-state index contributed by atoms with van der Waals surface area (Å²) in [5.41, 5.74) is 2.85. The van der Waals surface area contributed by atoms with Gasteiger partial charge in [-0.2, -0.15) is 0 Å². The monoisotopic (exact) mass is 262 g/mol. The molecule has 0 aliphatic carbocycles. The molecule has 0 fully saturated rings. The van der Waals surface area contributed by atoms with Crippen molar-refractivity contribution in [1.82, 2.24) is 0 Å². The molecule has 100 valence electrons. The lowest BCUT2D eigenvalue weighted by Gasteiger charge is -2.15. The molecule has 0 aromatic heterocycles. The molecule has 19 heavy (non-hydrogen) atoms. The molecule has 1 nitrogen and oxygen atoms in total. The maximum atomic E-state index is 13.8. The Kier molecular flexibility index (Phi) is 3.67. The first-order valence-electron chi connectivity index (χ1n) is 6.11. The van der Waals surface area contributed by atoms with Crippen LogP contribution in [0.2, 0.25) is 0 Å². The second-order valence-corrected chi connectivity index (χ2v) is 4.85. The maximum Gasteiger partial charge on any atom is 0.165 e. The van der Waals surface area contributed by atoms with Gasteiger partial charge in [-0.1, -0.05) is 30.3 Å². The molecule has 0 aliphatic rings. The van der Waals surface area contributed by atoms with Crippen molar-refractivity contribution in [3.8, 4) is 0 Å². The molecule has 2 aromatic carbocycles. The Labute approximate surface area is 111 Å². The minimum Gasteiger partial charge on any atom is -0.384 e. The minimum atomic E-state index is -1.16. The van der Waals surface area contributed by atoms with E-state index in [9.17, 15) is 13.9 Å². The van der Waals surface area contributed by atoms with Crippen LogP contribution < -0.4 is 0 Å². The van der Waals surface area contributed by atoms with Crippen LogP contribution in [0, 0.1) is 32.4 Å². The van der Waals surface area contributed by atoms with Gasteiger partial charge in [-0.25, -0.2) is 8.78 Å². The molecule has 1 N–H and O–H groups in total. The first-order chi connectivity index (χ1) is 8.91. The van der Waals surface area contributed by atoms with Crippen LogP contribution in [0.15, 0.2) is 30.3 Å². The van der Waals surface area contributed by atoms with Crippen LogP contribution in [0.25, 0.3) is 0 Å². The molecule has 0 saturated carbocycles. The first-order valence-corrected chi connectivity index (χ1v) is 6.11. The highest BCUT2D eigenvalue weighted by molar-refractivity contribution is 5.37. The van der Waals surface area contributed by atoms with E-state index in [1.54, 1.807) is 12.1 Å². The highest BCUT2D eigenvalue weighted by atomic mass is 19.2. The summed E-state index contributed by atoms with van der Waals surface area (Å²) in [4.78, 5) is 0. The Morgan fingerprint density at radius 3 is 2.11 bits per heavy atom. The summed E-state index contributed by atoms with van der Waals surface area (Å²) in [6.45, 7) is 5.36. The van der Waals surface area contributed by atoms with Gasteiger partial charge in [0.15, 0.2) is 11.6 Å².